The molecule has 10 nitrogen and oxygen atoms in total. The Bertz CT molecular complexity index is 1310. The molecule has 0 amide bonds. The molecule has 5 aromatic heterocycles. The van der Waals surface area contributed by atoms with Gasteiger partial charge >= 0.3 is 0 Å². The molecule has 5 aromatic rings. The van der Waals surface area contributed by atoms with Crippen LogP contribution in [0.5, 0.6) is 0 Å². The summed E-state index contributed by atoms with van der Waals surface area (Å²) in [6.07, 6.45) is 5.72. The van der Waals surface area contributed by atoms with E-state index in [2.05, 4.69) is 35.5 Å². The number of hydrogen-bond donors (Lipinski definition) is 1. The Hall–Kier alpha value is -3.92. The molecule has 6 rings (SSSR count). The average Bonchev–Trinajstić information content (AvgIpc) is 3.53. The highest BCUT2D eigenvalue weighted by atomic mass is 16.3. The monoisotopic (exact) mass is 415 g/mol. The van der Waals surface area contributed by atoms with Crippen LogP contribution in [0.3, 0.4) is 0 Å². The van der Waals surface area contributed by atoms with E-state index in [9.17, 15) is 0 Å². The first kappa shape index (κ1) is 17.9. The Morgan fingerprint density at radius 3 is 2.68 bits per heavy atom. The van der Waals surface area contributed by atoms with Gasteiger partial charge in [-0.2, -0.15) is 9.50 Å². The Balaban J connectivity index is 1.17. The van der Waals surface area contributed by atoms with Gasteiger partial charge in [-0.05, 0) is 24.3 Å². The van der Waals surface area contributed by atoms with Crippen LogP contribution in [-0.2, 0) is 6.54 Å². The molecule has 1 saturated heterocycles. The molecular formula is C21H21N9O. The maximum absolute atomic E-state index is 6.17. The largest absolute Gasteiger partial charge is 0.461 e. The van der Waals surface area contributed by atoms with E-state index in [1.807, 2.05) is 36.5 Å². The molecule has 0 unspecified atom stereocenters. The quantitative estimate of drug-likeness (QED) is 0.475. The molecule has 6 heterocycles. The summed E-state index contributed by atoms with van der Waals surface area (Å²) < 4.78 is 8.99. The molecule has 1 fully saturated rings. The first-order valence-electron chi connectivity index (χ1n) is 10.2. The fraction of sp³-hybridized carbons (Fsp3) is 0.238. The number of anilines is 2. The Morgan fingerprint density at radius 2 is 1.87 bits per heavy atom. The molecule has 0 aromatic carbocycles. The third-order valence-electron chi connectivity index (χ3n) is 5.57. The number of fused-ring (bicyclic) bond motifs is 2. The zero-order chi connectivity index (χ0) is 20.8. The van der Waals surface area contributed by atoms with Crippen LogP contribution in [0.4, 0.5) is 11.8 Å². The van der Waals surface area contributed by atoms with Gasteiger partial charge in [0, 0.05) is 51.2 Å². The van der Waals surface area contributed by atoms with E-state index in [1.54, 1.807) is 16.8 Å². The number of piperazine rings is 1. The lowest BCUT2D eigenvalue weighted by Gasteiger charge is -2.35. The lowest BCUT2D eigenvalue weighted by atomic mass is 10.3. The number of rotatable bonds is 4. The van der Waals surface area contributed by atoms with Crippen molar-refractivity contribution < 1.29 is 4.42 Å². The average molecular weight is 415 g/mol. The van der Waals surface area contributed by atoms with Gasteiger partial charge in [0.25, 0.3) is 0 Å². The molecule has 2 N–H and O–H groups in total. The lowest BCUT2D eigenvalue weighted by molar-refractivity contribution is 0.247. The van der Waals surface area contributed by atoms with E-state index in [1.165, 1.54) is 0 Å². The number of pyridine rings is 1. The minimum absolute atomic E-state index is 0.310. The molecular weight excluding hydrogens is 394 g/mol. The number of nitrogen functional groups attached to an aromatic ring is 1. The van der Waals surface area contributed by atoms with Gasteiger partial charge in [-0.25, -0.2) is 9.97 Å². The minimum atomic E-state index is 0.310. The van der Waals surface area contributed by atoms with Crippen LogP contribution < -0.4 is 10.6 Å². The lowest BCUT2D eigenvalue weighted by Crippen LogP contribution is -2.46. The smallest absolute Gasteiger partial charge is 0.225 e. The van der Waals surface area contributed by atoms with Gasteiger partial charge in [-0.1, -0.05) is 6.07 Å². The summed E-state index contributed by atoms with van der Waals surface area (Å²) >= 11 is 0. The summed E-state index contributed by atoms with van der Waals surface area (Å²) in [7, 11) is 0. The summed E-state index contributed by atoms with van der Waals surface area (Å²) in [5.41, 5.74) is 8.88. The van der Waals surface area contributed by atoms with Gasteiger partial charge in [-0.15, -0.1) is 5.10 Å². The fourth-order valence-electron chi connectivity index (χ4n) is 4.00. The van der Waals surface area contributed by atoms with E-state index in [-0.39, 0.29) is 0 Å². The van der Waals surface area contributed by atoms with E-state index in [0.29, 0.717) is 23.2 Å². The Morgan fingerprint density at radius 1 is 0.968 bits per heavy atom. The summed E-state index contributed by atoms with van der Waals surface area (Å²) in [6, 6.07) is 11.6. The number of hydrogen-bond acceptors (Lipinski definition) is 8. The highest BCUT2D eigenvalue weighted by Crippen LogP contribution is 2.22. The number of nitrogens with zero attached hydrogens (tertiary/aromatic N) is 8. The van der Waals surface area contributed by atoms with Crippen LogP contribution in [0.1, 0.15) is 5.69 Å². The van der Waals surface area contributed by atoms with E-state index in [4.69, 9.17) is 15.1 Å². The fourth-order valence-corrected chi connectivity index (χ4v) is 4.00. The predicted molar refractivity (Wildman–Crippen MR) is 116 cm³/mol. The standard InChI is InChI=1S/C21H21N9O/c22-21-25-18(12-19-24-20(26-30(19)21)16-4-3-11-31-16)28-9-7-27(8-10-28)13-15-14-29-6-2-1-5-17(29)23-15/h1-6,11-12,14H,7-10,13H2,(H2,22,25). The third kappa shape index (κ3) is 3.26. The zero-order valence-corrected chi connectivity index (χ0v) is 16.8. The van der Waals surface area contributed by atoms with Gasteiger partial charge in [0.1, 0.15) is 11.5 Å². The molecule has 0 aliphatic carbocycles. The third-order valence-corrected chi connectivity index (χ3v) is 5.57. The van der Waals surface area contributed by atoms with E-state index < -0.39 is 0 Å². The van der Waals surface area contributed by atoms with Crippen LogP contribution in [-0.4, -0.2) is 60.0 Å². The number of nitrogens with two attached hydrogens (primary N) is 1. The van der Waals surface area contributed by atoms with Gasteiger partial charge in [0.15, 0.2) is 11.4 Å². The molecule has 1 aliphatic heterocycles. The second-order valence-corrected chi connectivity index (χ2v) is 7.62. The summed E-state index contributed by atoms with van der Waals surface area (Å²) in [5, 5.41) is 4.41. The molecule has 1 aliphatic rings. The van der Waals surface area contributed by atoms with Gasteiger partial charge in [0.2, 0.25) is 11.8 Å². The van der Waals surface area contributed by atoms with Crippen LogP contribution in [0.15, 0.2) is 59.5 Å². The first-order chi connectivity index (χ1) is 15.2. The van der Waals surface area contributed by atoms with Crippen LogP contribution in [0.25, 0.3) is 22.9 Å². The van der Waals surface area contributed by atoms with E-state index >= 15 is 0 Å². The highest BCUT2D eigenvalue weighted by Gasteiger charge is 2.21. The van der Waals surface area contributed by atoms with Crippen LogP contribution in [0, 0.1) is 0 Å². The number of aromatic nitrogens is 6. The second-order valence-electron chi connectivity index (χ2n) is 7.62. The molecule has 31 heavy (non-hydrogen) atoms. The van der Waals surface area contributed by atoms with Crippen molar-refractivity contribution in [2.24, 2.45) is 0 Å². The van der Waals surface area contributed by atoms with Gasteiger partial charge in [0.05, 0.1) is 12.0 Å². The van der Waals surface area contributed by atoms with Crippen molar-refractivity contribution in [1.29, 1.82) is 0 Å². The maximum Gasteiger partial charge on any atom is 0.225 e. The number of imidazole rings is 1. The van der Waals surface area contributed by atoms with Crippen LogP contribution >= 0.6 is 0 Å². The Labute approximate surface area is 177 Å². The van der Waals surface area contributed by atoms with E-state index in [0.717, 1.165) is 49.9 Å². The molecule has 0 bridgehead atoms. The molecule has 0 radical (unpaired) electrons. The topological polar surface area (TPSA) is 106 Å². The van der Waals surface area contributed by atoms with Gasteiger partial charge in [-0.3, -0.25) is 4.90 Å². The number of furan rings is 1. The summed E-state index contributed by atoms with van der Waals surface area (Å²) in [4.78, 5) is 18.5. The zero-order valence-electron chi connectivity index (χ0n) is 16.8. The first-order valence-corrected chi connectivity index (χ1v) is 10.2. The van der Waals surface area contributed by atoms with Crippen LogP contribution in [0.2, 0.25) is 0 Å². The predicted octanol–water partition coefficient (Wildman–Crippen LogP) is 1.94. The van der Waals surface area contributed by atoms with Crippen molar-refractivity contribution in [3.63, 3.8) is 0 Å². The van der Waals surface area contributed by atoms with Crippen molar-refractivity contribution in [2.75, 3.05) is 36.8 Å². The summed E-state index contributed by atoms with van der Waals surface area (Å²) in [5.74, 6) is 2.22. The van der Waals surface area contributed by atoms with Crippen molar-refractivity contribution in [3.05, 3.63) is 60.7 Å². The molecule has 10 heteroatoms. The van der Waals surface area contributed by atoms with Crippen molar-refractivity contribution in [1.82, 2.24) is 33.9 Å². The summed E-state index contributed by atoms with van der Waals surface area (Å²) in [6.45, 7) is 4.39. The minimum Gasteiger partial charge on any atom is -0.461 e. The van der Waals surface area contributed by atoms with Crippen molar-refractivity contribution in [3.8, 4) is 11.6 Å². The molecule has 0 saturated carbocycles. The normalized spacial score (nSPS) is 15.3. The molecule has 0 atom stereocenters. The highest BCUT2D eigenvalue weighted by molar-refractivity contribution is 5.59. The Kier molecular flexibility index (Phi) is 4.10. The molecule has 156 valence electrons. The van der Waals surface area contributed by atoms with Crippen molar-refractivity contribution in [2.45, 2.75) is 6.54 Å². The SMILES string of the molecule is Nc1nc(N2CCN(Cc3cn4ccccc4n3)CC2)cc2nc(-c3ccco3)nn12. The van der Waals surface area contributed by atoms with Gasteiger partial charge < -0.3 is 19.5 Å². The second kappa shape index (κ2) is 7.10. The maximum atomic E-state index is 6.17. The molecule has 0 spiro atoms. The van der Waals surface area contributed by atoms with Crippen molar-refractivity contribution >= 4 is 23.1 Å².